The second-order valence-corrected chi connectivity index (χ2v) is 4.73. The quantitative estimate of drug-likeness (QED) is 0.789. The first-order chi connectivity index (χ1) is 8.71. The van der Waals surface area contributed by atoms with E-state index in [4.69, 9.17) is 5.26 Å². The summed E-state index contributed by atoms with van der Waals surface area (Å²) < 4.78 is 0. The Morgan fingerprint density at radius 1 is 1.28 bits per heavy atom. The van der Waals surface area contributed by atoms with Crippen LogP contribution in [-0.4, -0.2) is 11.0 Å². The van der Waals surface area contributed by atoms with Crippen LogP contribution >= 0.6 is 0 Å². The highest BCUT2D eigenvalue weighted by atomic mass is 15.0. The molecule has 0 aliphatic carbocycles. The van der Waals surface area contributed by atoms with Crippen LogP contribution in [0.5, 0.6) is 0 Å². The van der Waals surface area contributed by atoms with Crippen LogP contribution in [0, 0.1) is 18.3 Å². The first kappa shape index (κ1) is 14.5. The van der Waals surface area contributed by atoms with Crippen molar-refractivity contribution >= 4 is 5.82 Å². The van der Waals surface area contributed by atoms with Gasteiger partial charge in [0.25, 0.3) is 0 Å². The number of nitriles is 1. The predicted octanol–water partition coefficient (Wildman–Crippen LogP) is 4.03. The van der Waals surface area contributed by atoms with Gasteiger partial charge in [-0.05, 0) is 31.9 Å². The van der Waals surface area contributed by atoms with Gasteiger partial charge in [-0.25, -0.2) is 4.98 Å². The van der Waals surface area contributed by atoms with Crippen molar-refractivity contribution in [2.24, 2.45) is 0 Å². The molecule has 0 aliphatic heterocycles. The van der Waals surface area contributed by atoms with Crippen LogP contribution in [0.2, 0.25) is 0 Å². The number of aromatic nitrogens is 1. The summed E-state index contributed by atoms with van der Waals surface area (Å²) in [6.07, 6.45) is 5.83. The molecule has 1 N–H and O–H groups in total. The minimum Gasteiger partial charge on any atom is -0.366 e. The van der Waals surface area contributed by atoms with Crippen LogP contribution in [0.4, 0.5) is 5.82 Å². The van der Waals surface area contributed by atoms with Crippen LogP contribution in [0.3, 0.4) is 0 Å². The highest BCUT2D eigenvalue weighted by molar-refractivity contribution is 5.52. The number of hydrogen-bond donors (Lipinski definition) is 1. The second-order valence-electron chi connectivity index (χ2n) is 4.73. The molecule has 3 nitrogen and oxygen atoms in total. The van der Waals surface area contributed by atoms with Crippen LogP contribution in [0.15, 0.2) is 12.1 Å². The maximum absolute atomic E-state index is 9.10. The lowest BCUT2D eigenvalue weighted by Gasteiger charge is -2.19. The predicted molar refractivity (Wildman–Crippen MR) is 75.5 cm³/mol. The van der Waals surface area contributed by atoms with Crippen LogP contribution < -0.4 is 5.32 Å². The molecule has 0 amide bonds. The van der Waals surface area contributed by atoms with Crippen molar-refractivity contribution in [3.05, 3.63) is 23.4 Å². The first-order valence-electron chi connectivity index (χ1n) is 6.85. The number of anilines is 1. The molecule has 3 heteroatoms. The van der Waals surface area contributed by atoms with E-state index in [2.05, 4.69) is 30.2 Å². The van der Waals surface area contributed by atoms with Crippen molar-refractivity contribution in [3.8, 4) is 6.07 Å². The molecule has 1 rings (SSSR count). The molecule has 0 radical (unpaired) electrons. The van der Waals surface area contributed by atoms with Gasteiger partial charge in [-0.2, -0.15) is 5.26 Å². The molecule has 0 saturated heterocycles. The number of hydrogen-bond acceptors (Lipinski definition) is 3. The standard InChI is InChI=1S/C15H23N3/c1-4-6-8-14(7-5-2)18-15-13(11-16)10-9-12(3)17-15/h9-10,14H,4-8H2,1-3H3,(H,17,18). The van der Waals surface area contributed by atoms with E-state index in [9.17, 15) is 0 Å². The van der Waals surface area contributed by atoms with Crippen molar-refractivity contribution in [2.45, 2.75) is 58.9 Å². The zero-order valence-corrected chi connectivity index (χ0v) is 11.7. The largest absolute Gasteiger partial charge is 0.366 e. The van der Waals surface area contributed by atoms with E-state index in [1.54, 1.807) is 0 Å². The fourth-order valence-corrected chi connectivity index (χ4v) is 2.04. The Hall–Kier alpha value is -1.56. The zero-order valence-electron chi connectivity index (χ0n) is 11.7. The number of aryl methyl sites for hydroxylation is 1. The van der Waals surface area contributed by atoms with Crippen LogP contribution in [0.25, 0.3) is 0 Å². The normalized spacial score (nSPS) is 11.9. The lowest BCUT2D eigenvalue weighted by molar-refractivity contribution is 0.562. The summed E-state index contributed by atoms with van der Waals surface area (Å²) in [7, 11) is 0. The van der Waals surface area contributed by atoms with Gasteiger partial charge in [0.2, 0.25) is 0 Å². The molecule has 0 aliphatic rings. The van der Waals surface area contributed by atoms with Crippen molar-refractivity contribution in [1.82, 2.24) is 4.98 Å². The van der Waals surface area contributed by atoms with E-state index in [1.807, 2.05) is 19.1 Å². The summed E-state index contributed by atoms with van der Waals surface area (Å²) in [5.74, 6) is 0.743. The lowest BCUT2D eigenvalue weighted by Crippen LogP contribution is -2.20. The molecule has 0 aromatic carbocycles. The topological polar surface area (TPSA) is 48.7 Å². The Bertz CT molecular complexity index is 407. The number of rotatable bonds is 7. The number of nitrogens with zero attached hydrogens (tertiary/aromatic N) is 2. The summed E-state index contributed by atoms with van der Waals surface area (Å²) >= 11 is 0. The van der Waals surface area contributed by atoms with Gasteiger partial charge in [0.15, 0.2) is 0 Å². The molecule has 0 spiro atoms. The summed E-state index contributed by atoms with van der Waals surface area (Å²) in [6.45, 7) is 6.34. The van der Waals surface area contributed by atoms with E-state index < -0.39 is 0 Å². The van der Waals surface area contributed by atoms with Crippen molar-refractivity contribution in [1.29, 1.82) is 5.26 Å². The molecular formula is C15H23N3. The van der Waals surface area contributed by atoms with Gasteiger partial charge in [-0.1, -0.05) is 33.1 Å². The summed E-state index contributed by atoms with van der Waals surface area (Å²) in [5, 5.41) is 12.5. The fourth-order valence-electron chi connectivity index (χ4n) is 2.04. The van der Waals surface area contributed by atoms with E-state index in [-0.39, 0.29) is 0 Å². The fraction of sp³-hybridized carbons (Fsp3) is 0.600. The van der Waals surface area contributed by atoms with Gasteiger partial charge >= 0.3 is 0 Å². The molecule has 0 saturated carbocycles. The maximum atomic E-state index is 9.10. The maximum Gasteiger partial charge on any atom is 0.144 e. The van der Waals surface area contributed by atoms with Gasteiger partial charge in [0.05, 0.1) is 5.56 Å². The van der Waals surface area contributed by atoms with Gasteiger partial charge in [-0.3, -0.25) is 0 Å². The number of nitrogens with one attached hydrogen (secondary N) is 1. The first-order valence-corrected chi connectivity index (χ1v) is 6.85. The van der Waals surface area contributed by atoms with Gasteiger partial charge in [-0.15, -0.1) is 0 Å². The Balaban J connectivity index is 2.79. The summed E-state index contributed by atoms with van der Waals surface area (Å²) in [6, 6.07) is 6.35. The molecule has 18 heavy (non-hydrogen) atoms. The minimum atomic E-state index is 0.427. The van der Waals surface area contributed by atoms with Gasteiger partial charge in [0, 0.05) is 11.7 Å². The Kier molecular flexibility index (Phi) is 6.21. The monoisotopic (exact) mass is 245 g/mol. The third-order valence-electron chi connectivity index (χ3n) is 3.04. The Morgan fingerprint density at radius 3 is 2.67 bits per heavy atom. The Labute approximate surface area is 110 Å². The van der Waals surface area contributed by atoms with Gasteiger partial charge < -0.3 is 5.32 Å². The lowest BCUT2D eigenvalue weighted by atomic mass is 10.0. The van der Waals surface area contributed by atoms with E-state index in [1.165, 1.54) is 12.8 Å². The van der Waals surface area contributed by atoms with Crippen molar-refractivity contribution < 1.29 is 0 Å². The summed E-state index contributed by atoms with van der Waals surface area (Å²) in [5.41, 5.74) is 1.58. The molecule has 0 bridgehead atoms. The summed E-state index contributed by atoms with van der Waals surface area (Å²) in [4.78, 5) is 4.44. The van der Waals surface area contributed by atoms with Gasteiger partial charge in [0.1, 0.15) is 11.9 Å². The van der Waals surface area contributed by atoms with E-state index in [0.717, 1.165) is 30.8 Å². The molecule has 1 atom stereocenters. The molecule has 0 fully saturated rings. The molecule has 1 aromatic heterocycles. The second kappa shape index (κ2) is 7.71. The molecule has 1 heterocycles. The molecule has 98 valence electrons. The number of pyridine rings is 1. The van der Waals surface area contributed by atoms with Crippen LogP contribution in [0.1, 0.15) is 57.2 Å². The molecule has 1 aromatic rings. The highest BCUT2D eigenvalue weighted by Gasteiger charge is 2.11. The van der Waals surface area contributed by atoms with E-state index in [0.29, 0.717) is 11.6 Å². The highest BCUT2D eigenvalue weighted by Crippen LogP contribution is 2.17. The average Bonchev–Trinajstić information content (AvgIpc) is 2.36. The minimum absolute atomic E-state index is 0.427. The van der Waals surface area contributed by atoms with Crippen molar-refractivity contribution in [2.75, 3.05) is 5.32 Å². The van der Waals surface area contributed by atoms with Crippen molar-refractivity contribution in [3.63, 3.8) is 0 Å². The molecular weight excluding hydrogens is 222 g/mol. The smallest absolute Gasteiger partial charge is 0.144 e. The van der Waals surface area contributed by atoms with Crippen LogP contribution in [-0.2, 0) is 0 Å². The SMILES string of the molecule is CCCCC(CCC)Nc1nc(C)ccc1C#N. The third kappa shape index (κ3) is 4.37. The average molecular weight is 245 g/mol. The number of unbranched alkanes of at least 4 members (excludes halogenated alkanes) is 1. The Morgan fingerprint density at radius 2 is 2.06 bits per heavy atom. The van der Waals surface area contributed by atoms with E-state index >= 15 is 0 Å². The molecule has 1 unspecified atom stereocenters. The third-order valence-corrected chi connectivity index (χ3v) is 3.04. The zero-order chi connectivity index (χ0) is 13.4.